The van der Waals surface area contributed by atoms with E-state index >= 15 is 0 Å². The summed E-state index contributed by atoms with van der Waals surface area (Å²) in [6, 6.07) is 3.09. The Kier molecular flexibility index (Phi) is 3.70. The van der Waals surface area contributed by atoms with Crippen molar-refractivity contribution in [2.24, 2.45) is 0 Å². The summed E-state index contributed by atoms with van der Waals surface area (Å²) < 4.78 is 15.9. The van der Waals surface area contributed by atoms with Crippen LogP contribution in [-0.2, 0) is 11.3 Å². The average molecular weight is 280 g/mol. The van der Waals surface area contributed by atoms with E-state index in [2.05, 4.69) is 5.32 Å². The normalized spacial score (nSPS) is 20.3. The third-order valence-corrected chi connectivity index (χ3v) is 3.48. The lowest BCUT2D eigenvalue weighted by Crippen LogP contribution is -2.26. The summed E-state index contributed by atoms with van der Waals surface area (Å²) in [6.07, 6.45) is 2.33. The van der Waals surface area contributed by atoms with Crippen molar-refractivity contribution in [3.8, 4) is 11.5 Å². The van der Waals surface area contributed by atoms with E-state index in [1.54, 1.807) is 6.07 Å². The van der Waals surface area contributed by atoms with Gasteiger partial charge in [-0.1, -0.05) is 0 Å². The highest BCUT2D eigenvalue weighted by Gasteiger charge is 2.23. The fourth-order valence-corrected chi connectivity index (χ4v) is 2.46. The van der Waals surface area contributed by atoms with Crippen LogP contribution in [0.5, 0.6) is 11.5 Å². The van der Waals surface area contributed by atoms with Gasteiger partial charge in [-0.05, 0) is 18.9 Å². The molecule has 1 aromatic carbocycles. The Morgan fingerprint density at radius 2 is 2.15 bits per heavy atom. The van der Waals surface area contributed by atoms with Crippen LogP contribution in [0.25, 0.3) is 0 Å². The monoisotopic (exact) mass is 280 g/mol. The number of nitro groups is 1. The van der Waals surface area contributed by atoms with Gasteiger partial charge in [-0.25, -0.2) is 0 Å². The molecule has 1 atom stereocenters. The highest BCUT2D eigenvalue weighted by Crippen LogP contribution is 2.37. The van der Waals surface area contributed by atoms with Crippen LogP contribution in [0, 0.1) is 10.1 Å². The Labute approximate surface area is 116 Å². The van der Waals surface area contributed by atoms with E-state index in [4.69, 9.17) is 14.2 Å². The maximum atomic E-state index is 11.1. The van der Waals surface area contributed by atoms with E-state index in [1.165, 1.54) is 6.07 Å². The summed E-state index contributed by atoms with van der Waals surface area (Å²) in [4.78, 5) is 10.7. The molecule has 1 N–H and O–H groups in total. The zero-order chi connectivity index (χ0) is 13.9. The van der Waals surface area contributed by atoms with Crippen molar-refractivity contribution in [2.45, 2.75) is 25.5 Å². The highest BCUT2D eigenvalue weighted by molar-refractivity contribution is 5.55. The highest BCUT2D eigenvalue weighted by atomic mass is 16.7. The number of nitrogens with zero attached hydrogens (tertiary/aromatic N) is 1. The first kappa shape index (κ1) is 13.1. The molecular formula is C13H16N2O5. The van der Waals surface area contributed by atoms with Crippen molar-refractivity contribution in [1.82, 2.24) is 5.32 Å². The lowest BCUT2D eigenvalue weighted by molar-refractivity contribution is -0.385. The maximum Gasteiger partial charge on any atom is 0.277 e. The Hall–Kier alpha value is -1.86. The quantitative estimate of drug-likeness (QED) is 0.651. The van der Waals surface area contributed by atoms with Crippen LogP contribution in [-0.4, -0.2) is 31.0 Å². The zero-order valence-corrected chi connectivity index (χ0v) is 11.0. The molecule has 0 saturated carbocycles. The molecule has 7 nitrogen and oxygen atoms in total. The molecule has 3 rings (SSSR count). The molecule has 1 fully saturated rings. The Balaban J connectivity index is 1.69. The van der Waals surface area contributed by atoms with E-state index in [0.29, 0.717) is 30.2 Å². The van der Waals surface area contributed by atoms with Gasteiger partial charge in [0, 0.05) is 25.3 Å². The molecule has 1 saturated heterocycles. The number of nitro benzene ring substituents is 1. The van der Waals surface area contributed by atoms with Crippen LogP contribution in [0.2, 0.25) is 0 Å². The van der Waals surface area contributed by atoms with Crippen LogP contribution in [0.1, 0.15) is 18.4 Å². The Morgan fingerprint density at radius 3 is 2.85 bits per heavy atom. The Morgan fingerprint density at radius 1 is 1.35 bits per heavy atom. The van der Waals surface area contributed by atoms with Gasteiger partial charge in [0.2, 0.25) is 6.79 Å². The lowest BCUT2D eigenvalue weighted by atomic mass is 10.1. The van der Waals surface area contributed by atoms with Gasteiger partial charge in [-0.3, -0.25) is 10.1 Å². The molecule has 2 aliphatic rings. The summed E-state index contributed by atoms with van der Waals surface area (Å²) in [5, 5.41) is 14.3. The molecule has 2 heterocycles. The number of nitrogens with one attached hydrogen (secondary N) is 1. The average Bonchev–Trinajstić information content (AvgIpc) is 3.07. The summed E-state index contributed by atoms with van der Waals surface area (Å²) in [5.74, 6) is 0.990. The first-order chi connectivity index (χ1) is 9.74. The minimum Gasteiger partial charge on any atom is -0.454 e. The van der Waals surface area contributed by atoms with Gasteiger partial charge in [-0.15, -0.1) is 0 Å². The molecule has 1 aromatic rings. The van der Waals surface area contributed by atoms with Crippen LogP contribution < -0.4 is 14.8 Å². The molecule has 20 heavy (non-hydrogen) atoms. The van der Waals surface area contributed by atoms with Gasteiger partial charge in [0.25, 0.3) is 5.69 Å². The second kappa shape index (κ2) is 5.64. The van der Waals surface area contributed by atoms with Crippen molar-refractivity contribution < 1.29 is 19.1 Å². The SMILES string of the molecule is O=[N+]([O-])c1cc2c(cc1CNC[C@H]1CCCO1)OCO2. The van der Waals surface area contributed by atoms with Gasteiger partial charge in [-0.2, -0.15) is 0 Å². The molecule has 0 aromatic heterocycles. The molecule has 0 spiro atoms. The van der Waals surface area contributed by atoms with Gasteiger partial charge in [0.05, 0.1) is 17.1 Å². The Bertz CT molecular complexity index is 514. The minimum atomic E-state index is -0.398. The molecule has 0 amide bonds. The fraction of sp³-hybridized carbons (Fsp3) is 0.538. The fourth-order valence-electron chi connectivity index (χ4n) is 2.46. The van der Waals surface area contributed by atoms with Gasteiger partial charge in [0.1, 0.15) is 0 Å². The molecular weight excluding hydrogens is 264 g/mol. The molecule has 108 valence electrons. The zero-order valence-electron chi connectivity index (χ0n) is 11.0. The van der Waals surface area contributed by atoms with E-state index in [-0.39, 0.29) is 18.6 Å². The third kappa shape index (κ3) is 2.68. The first-order valence-corrected chi connectivity index (χ1v) is 6.63. The van der Waals surface area contributed by atoms with Crippen molar-refractivity contribution in [3.63, 3.8) is 0 Å². The van der Waals surface area contributed by atoms with E-state index < -0.39 is 4.92 Å². The molecule has 0 radical (unpaired) electrons. The van der Waals surface area contributed by atoms with Crippen LogP contribution in [0.15, 0.2) is 12.1 Å². The largest absolute Gasteiger partial charge is 0.454 e. The second-order valence-corrected chi connectivity index (χ2v) is 4.86. The smallest absolute Gasteiger partial charge is 0.277 e. The topological polar surface area (TPSA) is 82.9 Å². The number of fused-ring (bicyclic) bond motifs is 1. The third-order valence-electron chi connectivity index (χ3n) is 3.48. The second-order valence-electron chi connectivity index (χ2n) is 4.86. The molecule has 2 aliphatic heterocycles. The number of ether oxygens (including phenoxy) is 3. The van der Waals surface area contributed by atoms with Gasteiger partial charge in [0.15, 0.2) is 11.5 Å². The predicted molar refractivity (Wildman–Crippen MR) is 69.9 cm³/mol. The summed E-state index contributed by atoms with van der Waals surface area (Å²) in [6.45, 7) is 2.02. The minimum absolute atomic E-state index is 0.0501. The van der Waals surface area contributed by atoms with E-state index in [0.717, 1.165) is 19.4 Å². The lowest BCUT2D eigenvalue weighted by Gasteiger charge is -2.11. The van der Waals surface area contributed by atoms with Crippen molar-refractivity contribution >= 4 is 5.69 Å². The maximum absolute atomic E-state index is 11.1. The first-order valence-electron chi connectivity index (χ1n) is 6.63. The standard InChI is InChI=1S/C13H16N2O5/c16-15(17)11-5-13-12(19-8-20-13)4-9(11)6-14-7-10-2-1-3-18-10/h4-5,10,14H,1-3,6-8H2/t10-/m1/s1. The van der Waals surface area contributed by atoms with Gasteiger partial charge >= 0.3 is 0 Å². The van der Waals surface area contributed by atoms with Crippen molar-refractivity contribution in [3.05, 3.63) is 27.8 Å². The number of hydrogen-bond donors (Lipinski definition) is 1. The predicted octanol–water partition coefficient (Wildman–Crippen LogP) is 1.59. The number of benzene rings is 1. The number of hydrogen-bond acceptors (Lipinski definition) is 6. The van der Waals surface area contributed by atoms with Gasteiger partial charge < -0.3 is 19.5 Å². The number of rotatable bonds is 5. The van der Waals surface area contributed by atoms with Crippen LogP contribution >= 0.6 is 0 Å². The van der Waals surface area contributed by atoms with E-state index in [9.17, 15) is 10.1 Å². The summed E-state index contributed by atoms with van der Waals surface area (Å²) >= 11 is 0. The summed E-state index contributed by atoms with van der Waals surface area (Å²) in [7, 11) is 0. The summed E-state index contributed by atoms with van der Waals surface area (Å²) in [5.41, 5.74) is 0.645. The van der Waals surface area contributed by atoms with E-state index in [1.807, 2.05) is 0 Å². The van der Waals surface area contributed by atoms with Crippen LogP contribution in [0.4, 0.5) is 5.69 Å². The molecule has 0 bridgehead atoms. The molecule has 0 aliphatic carbocycles. The van der Waals surface area contributed by atoms with Crippen molar-refractivity contribution in [2.75, 3.05) is 19.9 Å². The van der Waals surface area contributed by atoms with Crippen LogP contribution in [0.3, 0.4) is 0 Å². The molecule has 7 heteroatoms. The van der Waals surface area contributed by atoms with Crippen molar-refractivity contribution in [1.29, 1.82) is 0 Å². The molecule has 0 unspecified atom stereocenters.